The zero-order valence-corrected chi connectivity index (χ0v) is 22.8. The van der Waals surface area contributed by atoms with Gasteiger partial charge < -0.3 is 25.8 Å². The average Bonchev–Trinajstić information content (AvgIpc) is 3.62. The number of halogens is 2. The van der Waals surface area contributed by atoms with E-state index in [1.54, 1.807) is 47.0 Å². The van der Waals surface area contributed by atoms with Gasteiger partial charge in [0, 0.05) is 35.1 Å². The first-order chi connectivity index (χ1) is 20.8. The van der Waals surface area contributed by atoms with Crippen LogP contribution in [-0.2, 0) is 9.53 Å². The Balaban J connectivity index is 1.15. The third kappa shape index (κ3) is 5.65. The summed E-state index contributed by atoms with van der Waals surface area (Å²) in [6.45, 7) is 0.806. The fraction of sp³-hybridized carbons (Fsp3) is 0.133. The van der Waals surface area contributed by atoms with Gasteiger partial charge in [-0.25, -0.2) is 18.1 Å². The molecule has 1 aliphatic rings. The molecule has 2 amide bonds. The first-order valence-electron chi connectivity index (χ1n) is 13.2. The standard InChI is InChI=1S/C30H25F2N7O4/c1-42-25-15-21(38-12-13-43-30(38)41)8-10-24(25)35-29-36-26-11-4-18(16-39(26)37-29)17-2-6-20(7-3-17)34-28(40)27(33)22-9-5-19(31)14-23(22)32/h2-11,14-16,27H,12-13,33H2,1H3,(H,34,40)(H,35,37)/t27-/m0/s1. The summed E-state index contributed by atoms with van der Waals surface area (Å²) in [6, 6.07) is 17.6. The number of cyclic esters (lactones) is 1. The second-order valence-corrected chi connectivity index (χ2v) is 9.64. The molecule has 1 saturated heterocycles. The van der Waals surface area contributed by atoms with Crippen molar-refractivity contribution < 1.29 is 27.8 Å². The number of amides is 2. The van der Waals surface area contributed by atoms with E-state index in [4.69, 9.17) is 15.2 Å². The Labute approximate surface area is 243 Å². The molecular weight excluding hydrogens is 560 g/mol. The van der Waals surface area contributed by atoms with Crippen LogP contribution < -0.4 is 26.0 Å². The number of fused-ring (bicyclic) bond motifs is 1. The van der Waals surface area contributed by atoms with Gasteiger partial charge in [-0.2, -0.15) is 4.98 Å². The van der Waals surface area contributed by atoms with Crippen LogP contribution in [0.3, 0.4) is 0 Å². The molecule has 11 nitrogen and oxygen atoms in total. The number of nitrogens with one attached hydrogen (secondary N) is 2. The molecule has 0 spiro atoms. The molecule has 43 heavy (non-hydrogen) atoms. The van der Waals surface area contributed by atoms with Gasteiger partial charge in [0.15, 0.2) is 5.65 Å². The van der Waals surface area contributed by atoms with Crippen molar-refractivity contribution in [1.82, 2.24) is 14.6 Å². The van der Waals surface area contributed by atoms with Crippen LogP contribution in [0.1, 0.15) is 11.6 Å². The molecule has 5 aromatic rings. The zero-order chi connectivity index (χ0) is 30.1. The molecule has 4 N–H and O–H groups in total. The molecule has 13 heteroatoms. The topological polar surface area (TPSA) is 136 Å². The molecule has 6 rings (SSSR count). The van der Waals surface area contributed by atoms with Gasteiger partial charge in [0.1, 0.15) is 30.0 Å². The smallest absolute Gasteiger partial charge is 0.414 e. The average molecular weight is 586 g/mol. The van der Waals surface area contributed by atoms with Crippen LogP contribution in [0.25, 0.3) is 16.8 Å². The van der Waals surface area contributed by atoms with Gasteiger partial charge in [0.25, 0.3) is 0 Å². The molecular formula is C30H25F2N7O4. The minimum absolute atomic E-state index is 0.102. The monoisotopic (exact) mass is 585 g/mol. The Bertz CT molecular complexity index is 1840. The van der Waals surface area contributed by atoms with Crippen LogP contribution in [0.4, 0.5) is 36.6 Å². The number of benzene rings is 3. The normalized spacial score (nSPS) is 13.6. The molecule has 1 atom stereocenters. The summed E-state index contributed by atoms with van der Waals surface area (Å²) in [5.41, 5.74) is 9.82. The van der Waals surface area contributed by atoms with Crippen molar-refractivity contribution in [3.8, 4) is 16.9 Å². The number of ether oxygens (including phenoxy) is 2. The fourth-order valence-electron chi connectivity index (χ4n) is 4.67. The highest BCUT2D eigenvalue weighted by atomic mass is 19.1. The predicted octanol–water partition coefficient (Wildman–Crippen LogP) is 5.02. The summed E-state index contributed by atoms with van der Waals surface area (Å²) in [5.74, 6) is -1.42. The lowest BCUT2D eigenvalue weighted by Gasteiger charge is -2.16. The number of hydrogen-bond acceptors (Lipinski definition) is 8. The van der Waals surface area contributed by atoms with Gasteiger partial charge in [-0.15, -0.1) is 5.10 Å². The van der Waals surface area contributed by atoms with Crippen LogP contribution in [0.2, 0.25) is 0 Å². The lowest BCUT2D eigenvalue weighted by Crippen LogP contribution is -2.28. The van der Waals surface area contributed by atoms with E-state index in [-0.39, 0.29) is 5.56 Å². The van der Waals surface area contributed by atoms with E-state index in [2.05, 4.69) is 20.7 Å². The van der Waals surface area contributed by atoms with Gasteiger partial charge >= 0.3 is 6.09 Å². The number of carbonyl (C=O) groups excluding carboxylic acids is 2. The molecule has 0 radical (unpaired) electrons. The number of nitrogens with zero attached hydrogens (tertiary/aromatic N) is 4. The SMILES string of the molecule is COc1cc(N2CCOC2=O)ccc1Nc1nc2ccc(-c3ccc(NC(=O)[C@@H](N)c4ccc(F)cc4F)cc3)cn2n1. The Morgan fingerprint density at radius 2 is 1.84 bits per heavy atom. The summed E-state index contributed by atoms with van der Waals surface area (Å²) in [4.78, 5) is 30.5. The Kier molecular flexibility index (Phi) is 7.30. The third-order valence-corrected chi connectivity index (χ3v) is 6.90. The van der Waals surface area contributed by atoms with E-state index >= 15 is 0 Å². The van der Waals surface area contributed by atoms with Gasteiger partial charge in [0.2, 0.25) is 11.9 Å². The maximum atomic E-state index is 14.0. The molecule has 1 fully saturated rings. The molecule has 3 heterocycles. The number of pyridine rings is 1. The van der Waals surface area contributed by atoms with Crippen molar-refractivity contribution in [2.24, 2.45) is 5.73 Å². The highest BCUT2D eigenvalue weighted by Crippen LogP contribution is 2.33. The highest BCUT2D eigenvalue weighted by molar-refractivity contribution is 5.95. The highest BCUT2D eigenvalue weighted by Gasteiger charge is 2.24. The van der Waals surface area contributed by atoms with Gasteiger partial charge in [0.05, 0.1) is 25.0 Å². The Hall–Kier alpha value is -5.56. The Morgan fingerprint density at radius 1 is 1.05 bits per heavy atom. The van der Waals surface area contributed by atoms with E-state index in [0.717, 1.165) is 23.3 Å². The van der Waals surface area contributed by atoms with Crippen molar-refractivity contribution >= 4 is 40.7 Å². The fourth-order valence-corrected chi connectivity index (χ4v) is 4.67. The Morgan fingerprint density at radius 3 is 2.56 bits per heavy atom. The molecule has 0 aliphatic carbocycles. The van der Waals surface area contributed by atoms with E-state index in [1.165, 1.54) is 12.0 Å². The molecule has 3 aromatic carbocycles. The van der Waals surface area contributed by atoms with Crippen LogP contribution in [0, 0.1) is 11.6 Å². The van der Waals surface area contributed by atoms with Crippen LogP contribution in [0.5, 0.6) is 5.75 Å². The van der Waals surface area contributed by atoms with Gasteiger partial charge in [-0.05, 0) is 48.0 Å². The number of rotatable bonds is 8. The van der Waals surface area contributed by atoms with E-state index in [0.29, 0.717) is 53.6 Å². The van der Waals surface area contributed by atoms with Crippen LogP contribution in [0.15, 0.2) is 79.0 Å². The minimum atomic E-state index is -1.31. The lowest BCUT2D eigenvalue weighted by atomic mass is 10.1. The molecule has 0 bridgehead atoms. The summed E-state index contributed by atoms with van der Waals surface area (Å²) in [5, 5.41) is 10.3. The van der Waals surface area contributed by atoms with E-state index in [9.17, 15) is 18.4 Å². The maximum Gasteiger partial charge on any atom is 0.414 e. The third-order valence-electron chi connectivity index (χ3n) is 6.90. The first-order valence-corrected chi connectivity index (χ1v) is 13.2. The van der Waals surface area contributed by atoms with Crippen LogP contribution in [-0.4, -0.2) is 46.9 Å². The van der Waals surface area contributed by atoms with Crippen LogP contribution >= 0.6 is 0 Å². The van der Waals surface area contributed by atoms with Crippen molar-refractivity contribution in [2.45, 2.75) is 6.04 Å². The number of aromatic nitrogens is 3. The number of hydrogen-bond donors (Lipinski definition) is 3. The minimum Gasteiger partial charge on any atom is -0.494 e. The largest absolute Gasteiger partial charge is 0.494 e. The van der Waals surface area contributed by atoms with Crippen molar-refractivity contribution in [1.29, 1.82) is 0 Å². The summed E-state index contributed by atoms with van der Waals surface area (Å²) in [6.07, 6.45) is 1.41. The first kappa shape index (κ1) is 27.6. The molecule has 0 saturated carbocycles. The number of nitrogens with two attached hydrogens (primary N) is 1. The number of anilines is 4. The number of carbonyl (C=O) groups is 2. The lowest BCUT2D eigenvalue weighted by molar-refractivity contribution is -0.117. The van der Waals surface area contributed by atoms with E-state index in [1.807, 2.05) is 18.3 Å². The van der Waals surface area contributed by atoms with Crippen molar-refractivity contribution in [3.63, 3.8) is 0 Å². The summed E-state index contributed by atoms with van der Waals surface area (Å²) < 4.78 is 39.4. The molecule has 1 aliphatic heterocycles. The van der Waals surface area contributed by atoms with Gasteiger partial charge in [-0.3, -0.25) is 9.69 Å². The second-order valence-electron chi connectivity index (χ2n) is 9.64. The van der Waals surface area contributed by atoms with E-state index < -0.39 is 29.7 Å². The quantitative estimate of drug-likeness (QED) is 0.231. The molecule has 218 valence electrons. The van der Waals surface area contributed by atoms with Crippen molar-refractivity contribution in [2.75, 3.05) is 35.8 Å². The molecule has 0 unspecified atom stereocenters. The second kappa shape index (κ2) is 11.4. The maximum absolute atomic E-state index is 14.0. The van der Waals surface area contributed by atoms with Gasteiger partial charge in [-0.1, -0.05) is 18.2 Å². The summed E-state index contributed by atoms with van der Waals surface area (Å²) >= 11 is 0. The van der Waals surface area contributed by atoms with Crippen molar-refractivity contribution in [3.05, 3.63) is 96.2 Å². The number of methoxy groups -OCH3 is 1. The predicted molar refractivity (Wildman–Crippen MR) is 155 cm³/mol. The summed E-state index contributed by atoms with van der Waals surface area (Å²) in [7, 11) is 1.53. The zero-order valence-electron chi connectivity index (χ0n) is 22.8. The molecule has 2 aromatic heterocycles.